The average Bonchev–Trinajstić information content (AvgIpc) is 3.51. The zero-order valence-electron chi connectivity index (χ0n) is 16.7. The van der Waals surface area contributed by atoms with E-state index >= 15 is 0 Å². The first-order chi connectivity index (χ1) is 14.7. The van der Waals surface area contributed by atoms with Crippen LogP contribution in [0.1, 0.15) is 46.5 Å². The monoisotopic (exact) mass is 402 g/mol. The van der Waals surface area contributed by atoms with Gasteiger partial charge in [0, 0.05) is 19.3 Å². The van der Waals surface area contributed by atoms with E-state index in [1.165, 1.54) is 5.56 Å². The van der Waals surface area contributed by atoms with Gasteiger partial charge in [-0.1, -0.05) is 35.5 Å². The third-order valence-corrected chi connectivity index (χ3v) is 5.53. The summed E-state index contributed by atoms with van der Waals surface area (Å²) in [6.45, 7) is 3.22. The highest BCUT2D eigenvalue weighted by Crippen LogP contribution is 2.32. The van der Waals surface area contributed by atoms with Crippen LogP contribution in [0.3, 0.4) is 0 Å². The van der Waals surface area contributed by atoms with Crippen molar-refractivity contribution in [1.82, 2.24) is 29.6 Å². The lowest BCUT2D eigenvalue weighted by molar-refractivity contribution is 0.0710. The maximum atomic E-state index is 13.2. The maximum absolute atomic E-state index is 13.2. The first-order valence-electron chi connectivity index (χ1n) is 10.1. The minimum absolute atomic E-state index is 0.0819. The Balaban J connectivity index is 1.35. The van der Waals surface area contributed by atoms with Gasteiger partial charge in [0.25, 0.3) is 5.91 Å². The van der Waals surface area contributed by atoms with Crippen LogP contribution >= 0.6 is 0 Å². The van der Waals surface area contributed by atoms with Crippen molar-refractivity contribution in [1.29, 1.82) is 0 Å². The number of hydrogen-bond acceptors (Lipinski definition) is 6. The molecule has 0 N–H and O–H groups in total. The Bertz CT molecular complexity index is 1180. The molecular weight excluding hydrogens is 380 g/mol. The van der Waals surface area contributed by atoms with Gasteiger partial charge in [-0.05, 0) is 37.8 Å². The molecule has 3 aromatic heterocycles. The van der Waals surface area contributed by atoms with Gasteiger partial charge in [0.1, 0.15) is 11.6 Å². The lowest BCUT2D eigenvalue weighted by atomic mass is 10.1. The van der Waals surface area contributed by atoms with Crippen molar-refractivity contribution < 1.29 is 9.32 Å². The summed E-state index contributed by atoms with van der Waals surface area (Å²) in [6.07, 6.45) is 6.04. The summed E-state index contributed by atoms with van der Waals surface area (Å²) in [5.41, 5.74) is 3.30. The van der Waals surface area contributed by atoms with Crippen LogP contribution in [0.15, 0.2) is 53.4 Å². The summed E-state index contributed by atoms with van der Waals surface area (Å²) in [7, 11) is 0. The van der Waals surface area contributed by atoms with E-state index in [4.69, 9.17) is 4.52 Å². The van der Waals surface area contributed by atoms with E-state index in [1.54, 1.807) is 24.3 Å². The van der Waals surface area contributed by atoms with E-state index in [0.29, 0.717) is 23.8 Å². The van der Waals surface area contributed by atoms with Crippen molar-refractivity contribution in [3.05, 3.63) is 71.8 Å². The third kappa shape index (κ3) is 3.45. The SMILES string of the molecule is Cc1noc([C@@H]2CCCN2C(=O)c2cnc3c(c2)ncn3CCc2ccccc2)n1. The Morgan fingerprint density at radius 1 is 1.23 bits per heavy atom. The van der Waals surface area contributed by atoms with Crippen LogP contribution in [0.5, 0.6) is 0 Å². The van der Waals surface area contributed by atoms with E-state index in [0.717, 1.165) is 37.0 Å². The van der Waals surface area contributed by atoms with Crippen LogP contribution in [-0.2, 0) is 13.0 Å². The van der Waals surface area contributed by atoms with Crippen molar-refractivity contribution in [2.75, 3.05) is 6.54 Å². The Morgan fingerprint density at radius 2 is 2.10 bits per heavy atom. The lowest BCUT2D eigenvalue weighted by Crippen LogP contribution is -2.30. The topological polar surface area (TPSA) is 89.9 Å². The predicted octanol–water partition coefficient (Wildman–Crippen LogP) is 3.34. The number of carbonyl (C=O) groups excluding carboxylic acids is 1. The fourth-order valence-electron chi connectivity index (χ4n) is 4.00. The first-order valence-corrected chi connectivity index (χ1v) is 10.1. The molecule has 4 heterocycles. The van der Waals surface area contributed by atoms with Crippen LogP contribution in [0.4, 0.5) is 0 Å². The number of nitrogens with zero attached hydrogens (tertiary/aromatic N) is 6. The molecule has 0 aliphatic carbocycles. The molecule has 0 unspecified atom stereocenters. The number of amides is 1. The van der Waals surface area contributed by atoms with Gasteiger partial charge in [-0.15, -0.1) is 0 Å². The molecule has 5 rings (SSSR count). The molecule has 0 bridgehead atoms. The highest BCUT2D eigenvalue weighted by atomic mass is 16.5. The Morgan fingerprint density at radius 3 is 2.90 bits per heavy atom. The Labute approximate surface area is 173 Å². The molecule has 1 atom stereocenters. The molecule has 8 heteroatoms. The highest BCUT2D eigenvalue weighted by Gasteiger charge is 2.34. The van der Waals surface area contributed by atoms with Crippen LogP contribution in [0, 0.1) is 6.92 Å². The molecule has 1 aliphatic heterocycles. The fraction of sp³-hybridized carbons (Fsp3) is 0.318. The van der Waals surface area contributed by atoms with Gasteiger partial charge >= 0.3 is 0 Å². The van der Waals surface area contributed by atoms with Gasteiger partial charge in [-0.3, -0.25) is 4.79 Å². The maximum Gasteiger partial charge on any atom is 0.256 e. The van der Waals surface area contributed by atoms with Crippen LogP contribution in [0.2, 0.25) is 0 Å². The summed E-state index contributed by atoms with van der Waals surface area (Å²) < 4.78 is 7.34. The van der Waals surface area contributed by atoms with Crippen LogP contribution < -0.4 is 0 Å². The van der Waals surface area contributed by atoms with Gasteiger partial charge in [0.15, 0.2) is 11.5 Å². The number of pyridine rings is 1. The third-order valence-electron chi connectivity index (χ3n) is 5.53. The molecular formula is C22H22N6O2. The molecule has 8 nitrogen and oxygen atoms in total. The van der Waals surface area contributed by atoms with Crippen molar-refractivity contribution >= 4 is 17.1 Å². The van der Waals surface area contributed by atoms with E-state index in [9.17, 15) is 4.79 Å². The lowest BCUT2D eigenvalue weighted by Gasteiger charge is -2.21. The van der Waals surface area contributed by atoms with Gasteiger partial charge in [-0.25, -0.2) is 9.97 Å². The number of aromatic nitrogens is 5. The highest BCUT2D eigenvalue weighted by molar-refractivity contribution is 5.96. The van der Waals surface area contributed by atoms with E-state index < -0.39 is 0 Å². The molecule has 152 valence electrons. The molecule has 0 spiro atoms. The molecule has 1 saturated heterocycles. The second-order valence-electron chi connectivity index (χ2n) is 7.58. The Hall–Kier alpha value is -3.55. The second kappa shape index (κ2) is 7.70. The molecule has 4 aromatic rings. The summed E-state index contributed by atoms with van der Waals surface area (Å²) in [6, 6.07) is 12.0. The van der Waals surface area contributed by atoms with E-state index in [1.807, 2.05) is 28.8 Å². The molecule has 30 heavy (non-hydrogen) atoms. The summed E-state index contributed by atoms with van der Waals surface area (Å²) in [5, 5.41) is 3.86. The first kappa shape index (κ1) is 18.5. The van der Waals surface area contributed by atoms with Gasteiger partial charge in [0.05, 0.1) is 11.9 Å². The summed E-state index contributed by atoms with van der Waals surface area (Å²) in [5.74, 6) is 0.993. The number of carbonyl (C=O) groups is 1. The number of benzene rings is 1. The number of rotatable bonds is 5. The van der Waals surface area contributed by atoms with Crippen LogP contribution in [-0.4, -0.2) is 42.0 Å². The smallest absolute Gasteiger partial charge is 0.256 e. The number of imidazole rings is 1. The van der Waals surface area contributed by atoms with Crippen molar-refractivity contribution in [3.8, 4) is 0 Å². The van der Waals surface area contributed by atoms with Gasteiger partial charge in [0.2, 0.25) is 5.89 Å². The van der Waals surface area contributed by atoms with Crippen molar-refractivity contribution in [3.63, 3.8) is 0 Å². The standard InChI is InChI=1S/C22H22N6O2/c1-15-25-21(30-26-15)19-8-5-10-28(19)22(29)17-12-18-20(23-13-17)27(14-24-18)11-9-16-6-3-2-4-7-16/h2-4,6-7,12-14,19H,5,8-11H2,1H3/t19-/m0/s1. The molecule has 1 fully saturated rings. The van der Waals surface area contributed by atoms with E-state index in [2.05, 4.69) is 32.2 Å². The minimum atomic E-state index is -0.183. The number of hydrogen-bond donors (Lipinski definition) is 0. The number of aryl methyl sites for hydroxylation is 3. The van der Waals surface area contributed by atoms with Gasteiger partial charge in [-0.2, -0.15) is 4.98 Å². The van der Waals surface area contributed by atoms with Gasteiger partial charge < -0.3 is 14.0 Å². The molecule has 1 amide bonds. The molecule has 1 aliphatic rings. The predicted molar refractivity (Wildman–Crippen MR) is 110 cm³/mol. The molecule has 0 saturated carbocycles. The fourth-order valence-corrected chi connectivity index (χ4v) is 4.00. The minimum Gasteiger partial charge on any atom is -0.337 e. The zero-order chi connectivity index (χ0) is 20.5. The molecule has 0 radical (unpaired) electrons. The van der Waals surface area contributed by atoms with Crippen molar-refractivity contribution in [2.45, 2.75) is 38.8 Å². The van der Waals surface area contributed by atoms with Crippen molar-refractivity contribution in [2.24, 2.45) is 0 Å². The van der Waals surface area contributed by atoms with Crippen LogP contribution in [0.25, 0.3) is 11.2 Å². The number of likely N-dealkylation sites (tertiary alicyclic amines) is 1. The number of fused-ring (bicyclic) bond motifs is 1. The largest absolute Gasteiger partial charge is 0.337 e. The quantitative estimate of drug-likeness (QED) is 0.509. The Kier molecular flexibility index (Phi) is 4.74. The molecule has 1 aromatic carbocycles. The second-order valence-corrected chi connectivity index (χ2v) is 7.58. The summed E-state index contributed by atoms with van der Waals surface area (Å²) in [4.78, 5) is 28.3. The summed E-state index contributed by atoms with van der Waals surface area (Å²) >= 11 is 0. The normalized spacial score (nSPS) is 16.4. The zero-order valence-corrected chi connectivity index (χ0v) is 16.7. The average molecular weight is 402 g/mol. The van der Waals surface area contributed by atoms with E-state index in [-0.39, 0.29) is 11.9 Å².